The number of nitrogens with zero attached hydrogens (tertiary/aromatic N) is 3. The highest BCUT2D eigenvalue weighted by Gasteiger charge is 2.16. The van der Waals surface area contributed by atoms with Crippen molar-refractivity contribution >= 4 is 34.8 Å². The van der Waals surface area contributed by atoms with Crippen LogP contribution in [0.1, 0.15) is 36.7 Å². The lowest BCUT2D eigenvalue weighted by Gasteiger charge is -2.19. The third kappa shape index (κ3) is 7.79. The van der Waals surface area contributed by atoms with Crippen molar-refractivity contribution in [2.75, 3.05) is 17.7 Å². The highest BCUT2D eigenvalue weighted by Crippen LogP contribution is 2.29. The van der Waals surface area contributed by atoms with Gasteiger partial charge in [-0.2, -0.15) is 5.10 Å². The molecule has 6 rings (SSSR count). The number of carbonyl (C=O) groups excluding carboxylic acids is 2. The smallest absolute Gasteiger partial charge is 0.407 e. The van der Waals surface area contributed by atoms with Gasteiger partial charge >= 0.3 is 6.09 Å². The molecule has 4 aromatic carbocycles. The molecule has 2 heterocycles. The van der Waals surface area contributed by atoms with Gasteiger partial charge in [-0.25, -0.2) is 14.3 Å². The summed E-state index contributed by atoms with van der Waals surface area (Å²) in [5, 5.41) is 13.5. The molecule has 0 radical (unpaired) electrons. The van der Waals surface area contributed by atoms with E-state index in [-0.39, 0.29) is 5.91 Å². The number of methoxy groups -OCH3 is 1. The number of hydrogen-bond donors (Lipinski definition) is 3. The molecule has 0 aliphatic carbocycles. The van der Waals surface area contributed by atoms with Crippen molar-refractivity contribution in [2.24, 2.45) is 0 Å². The van der Waals surface area contributed by atoms with Crippen molar-refractivity contribution in [3.8, 4) is 28.1 Å². The lowest BCUT2D eigenvalue weighted by molar-refractivity contribution is 0.0523. The van der Waals surface area contributed by atoms with Gasteiger partial charge in [0.05, 0.1) is 24.5 Å². The van der Waals surface area contributed by atoms with Gasteiger partial charge in [-0.3, -0.25) is 4.79 Å². The summed E-state index contributed by atoms with van der Waals surface area (Å²) in [6.07, 6.45) is 1.25. The maximum atomic E-state index is 12.9. The van der Waals surface area contributed by atoms with E-state index in [2.05, 4.69) is 33.2 Å². The zero-order valence-electron chi connectivity index (χ0n) is 27.2. The molecular weight excluding hydrogens is 604 g/mol. The van der Waals surface area contributed by atoms with Crippen LogP contribution in [0.25, 0.3) is 27.9 Å². The number of nitrogens with one attached hydrogen (secondary N) is 3. The third-order valence-corrected chi connectivity index (χ3v) is 7.42. The summed E-state index contributed by atoms with van der Waals surface area (Å²) in [6, 6.07) is 34.6. The van der Waals surface area contributed by atoms with Crippen LogP contribution in [-0.2, 0) is 11.3 Å². The number of fused-ring (bicyclic) bond motifs is 1. The van der Waals surface area contributed by atoms with E-state index in [1.165, 1.54) is 0 Å². The van der Waals surface area contributed by atoms with Crippen LogP contribution in [0.15, 0.2) is 115 Å². The molecule has 0 unspecified atom stereocenters. The van der Waals surface area contributed by atoms with E-state index in [1.54, 1.807) is 42.1 Å². The van der Waals surface area contributed by atoms with E-state index in [0.29, 0.717) is 23.7 Å². The number of ether oxygens (including phenoxy) is 2. The first-order chi connectivity index (χ1) is 23.1. The van der Waals surface area contributed by atoms with Crippen LogP contribution in [0, 0.1) is 0 Å². The number of aromatic nitrogens is 3. The topological polar surface area (TPSA) is 119 Å². The lowest BCUT2D eigenvalue weighted by Crippen LogP contribution is -2.32. The summed E-state index contributed by atoms with van der Waals surface area (Å²) in [7, 11) is 1.66. The summed E-state index contributed by atoms with van der Waals surface area (Å²) in [5.41, 5.74) is 7.02. The number of anilines is 3. The second kappa shape index (κ2) is 13.7. The molecule has 0 saturated heterocycles. The first-order valence-corrected chi connectivity index (χ1v) is 15.5. The molecule has 0 aliphatic rings. The van der Waals surface area contributed by atoms with E-state index in [9.17, 15) is 9.59 Å². The Hall–Kier alpha value is -6.16. The fourth-order valence-electron chi connectivity index (χ4n) is 5.04. The van der Waals surface area contributed by atoms with Crippen LogP contribution in [-0.4, -0.2) is 39.3 Å². The zero-order chi connectivity index (χ0) is 33.7. The molecule has 6 aromatic rings. The Bertz CT molecular complexity index is 2050. The van der Waals surface area contributed by atoms with Crippen LogP contribution >= 0.6 is 0 Å². The molecule has 3 N–H and O–H groups in total. The van der Waals surface area contributed by atoms with Gasteiger partial charge in [0.15, 0.2) is 0 Å². The molecule has 48 heavy (non-hydrogen) atoms. The van der Waals surface area contributed by atoms with Gasteiger partial charge in [-0.1, -0.05) is 42.5 Å². The average molecular weight is 641 g/mol. The Kier molecular flexibility index (Phi) is 9.06. The van der Waals surface area contributed by atoms with Gasteiger partial charge in [0.25, 0.3) is 5.91 Å². The number of carbonyl (C=O) groups is 2. The minimum atomic E-state index is -0.568. The Morgan fingerprint density at radius 3 is 2.21 bits per heavy atom. The highest BCUT2D eigenvalue weighted by molar-refractivity contribution is 6.04. The predicted molar refractivity (Wildman–Crippen MR) is 188 cm³/mol. The molecule has 2 amide bonds. The molecule has 0 bridgehead atoms. The van der Waals surface area contributed by atoms with E-state index >= 15 is 0 Å². The molecule has 10 heteroatoms. The van der Waals surface area contributed by atoms with Gasteiger partial charge in [0.2, 0.25) is 5.95 Å². The van der Waals surface area contributed by atoms with Crippen LogP contribution in [0.3, 0.4) is 0 Å². The van der Waals surface area contributed by atoms with Gasteiger partial charge < -0.3 is 25.4 Å². The van der Waals surface area contributed by atoms with Crippen molar-refractivity contribution in [3.05, 3.63) is 127 Å². The van der Waals surface area contributed by atoms with Gasteiger partial charge in [0.1, 0.15) is 11.4 Å². The van der Waals surface area contributed by atoms with Gasteiger partial charge in [-0.15, -0.1) is 0 Å². The van der Waals surface area contributed by atoms with Crippen LogP contribution in [0.4, 0.5) is 22.1 Å². The van der Waals surface area contributed by atoms with Crippen LogP contribution in [0.2, 0.25) is 0 Å². The van der Waals surface area contributed by atoms with E-state index in [1.807, 2.05) is 93.6 Å². The van der Waals surface area contributed by atoms with Crippen molar-refractivity contribution in [1.29, 1.82) is 0 Å². The Morgan fingerprint density at radius 2 is 1.50 bits per heavy atom. The fraction of sp³-hybridized carbons (Fsp3) is 0.158. The summed E-state index contributed by atoms with van der Waals surface area (Å²) in [6.45, 7) is 5.72. The maximum absolute atomic E-state index is 12.9. The Labute approximate surface area is 278 Å². The molecule has 0 saturated carbocycles. The van der Waals surface area contributed by atoms with Crippen molar-refractivity contribution < 1.29 is 19.1 Å². The summed E-state index contributed by atoms with van der Waals surface area (Å²) >= 11 is 0. The average Bonchev–Trinajstić information content (AvgIpc) is 3.57. The summed E-state index contributed by atoms with van der Waals surface area (Å²) in [5.74, 6) is 1.12. The SMILES string of the molecule is COc1ccc(-c2cccc(-c3cc4ccnn4c(Nc4ccc(NC(=O)c5ccc(CNC(=O)OC(C)(C)C)cc5)cc4)n3)c2)cc1. The molecular formula is C38H36N6O4. The standard InChI is InChI=1S/C38H36N6O4/c1-38(2,3)48-37(46)39-24-25-8-10-27(11-9-25)35(45)41-30-14-16-31(17-15-30)42-36-43-34(23-32-20-21-40-44(32)36)29-7-5-6-28(22-29)26-12-18-33(47-4)19-13-26/h5-23H,24H2,1-4H3,(H,39,46)(H,41,45)(H,42,43). The first-order valence-electron chi connectivity index (χ1n) is 15.5. The molecule has 10 nitrogen and oxygen atoms in total. The van der Waals surface area contributed by atoms with Crippen molar-refractivity contribution in [3.63, 3.8) is 0 Å². The number of alkyl carbamates (subject to hydrolysis) is 1. The monoisotopic (exact) mass is 640 g/mol. The van der Waals surface area contributed by atoms with Crippen molar-refractivity contribution in [2.45, 2.75) is 32.9 Å². The second-order valence-electron chi connectivity index (χ2n) is 12.2. The summed E-state index contributed by atoms with van der Waals surface area (Å²) < 4.78 is 12.3. The van der Waals surface area contributed by atoms with E-state index < -0.39 is 11.7 Å². The van der Waals surface area contributed by atoms with Crippen LogP contribution < -0.4 is 20.7 Å². The van der Waals surface area contributed by atoms with Crippen LogP contribution in [0.5, 0.6) is 5.75 Å². The molecule has 2 aromatic heterocycles. The fourth-order valence-corrected chi connectivity index (χ4v) is 5.04. The number of hydrogen-bond acceptors (Lipinski definition) is 7. The molecule has 0 atom stereocenters. The summed E-state index contributed by atoms with van der Waals surface area (Å²) in [4.78, 5) is 29.8. The molecule has 242 valence electrons. The second-order valence-corrected chi connectivity index (χ2v) is 12.2. The normalized spacial score (nSPS) is 11.2. The Balaban J connectivity index is 1.12. The number of amides is 2. The minimum Gasteiger partial charge on any atom is -0.497 e. The predicted octanol–water partition coefficient (Wildman–Crippen LogP) is 8.09. The van der Waals surface area contributed by atoms with Crippen molar-refractivity contribution in [1.82, 2.24) is 19.9 Å². The number of benzene rings is 4. The number of rotatable bonds is 9. The lowest BCUT2D eigenvalue weighted by atomic mass is 10.0. The Morgan fingerprint density at radius 1 is 0.792 bits per heavy atom. The quantitative estimate of drug-likeness (QED) is 0.146. The maximum Gasteiger partial charge on any atom is 0.407 e. The van der Waals surface area contributed by atoms with E-state index in [0.717, 1.165) is 44.9 Å². The molecule has 0 spiro atoms. The zero-order valence-corrected chi connectivity index (χ0v) is 27.2. The molecule has 0 aliphatic heterocycles. The third-order valence-electron chi connectivity index (χ3n) is 7.42. The minimum absolute atomic E-state index is 0.244. The highest BCUT2D eigenvalue weighted by atomic mass is 16.6. The van der Waals surface area contributed by atoms with Gasteiger partial charge in [0, 0.05) is 29.0 Å². The van der Waals surface area contributed by atoms with Gasteiger partial charge in [-0.05, 0) is 104 Å². The molecule has 0 fully saturated rings. The van der Waals surface area contributed by atoms with E-state index in [4.69, 9.17) is 14.5 Å². The largest absolute Gasteiger partial charge is 0.497 e. The first kappa shape index (κ1) is 31.8.